The molecule has 1 aliphatic rings. The van der Waals surface area contributed by atoms with Crippen LogP contribution in [0.2, 0.25) is 0 Å². The summed E-state index contributed by atoms with van der Waals surface area (Å²) in [6.07, 6.45) is 3.81. The first-order valence-electron chi connectivity index (χ1n) is 7.18. The normalized spacial score (nSPS) is 13.0. The molecule has 0 aliphatic carbocycles. The Morgan fingerprint density at radius 2 is 1.68 bits per heavy atom. The summed E-state index contributed by atoms with van der Waals surface area (Å²) in [5.41, 5.74) is 3.28. The zero-order valence-corrected chi connectivity index (χ0v) is 11.9. The van der Waals surface area contributed by atoms with Crippen LogP contribution in [0.1, 0.15) is 5.69 Å². The number of anilines is 2. The minimum atomic E-state index is 0.629. The van der Waals surface area contributed by atoms with Gasteiger partial charge in [0.2, 0.25) is 0 Å². The molecular formula is C18H15N3O. The summed E-state index contributed by atoms with van der Waals surface area (Å²) in [6.45, 7) is 0.629. The van der Waals surface area contributed by atoms with E-state index in [1.54, 1.807) is 0 Å². The van der Waals surface area contributed by atoms with Crippen LogP contribution in [0.4, 0.5) is 11.4 Å². The number of H-pyrrole nitrogens is 1. The van der Waals surface area contributed by atoms with Gasteiger partial charge in [0.15, 0.2) is 0 Å². The number of aromatic nitrogens is 1. The Hall–Kier alpha value is -3.01. The Balaban J connectivity index is 1.57. The summed E-state index contributed by atoms with van der Waals surface area (Å²) in [5, 5.41) is 0. The lowest BCUT2D eigenvalue weighted by Gasteiger charge is -2.25. The van der Waals surface area contributed by atoms with Crippen molar-refractivity contribution in [1.82, 2.24) is 4.98 Å². The molecule has 1 aromatic heterocycles. The van der Waals surface area contributed by atoms with E-state index < -0.39 is 0 Å². The van der Waals surface area contributed by atoms with E-state index in [4.69, 9.17) is 4.74 Å². The molecular weight excluding hydrogens is 274 g/mol. The highest BCUT2D eigenvalue weighted by Gasteiger charge is 2.16. The van der Waals surface area contributed by atoms with Crippen molar-refractivity contribution in [3.8, 4) is 11.5 Å². The Morgan fingerprint density at radius 1 is 0.909 bits per heavy atom. The van der Waals surface area contributed by atoms with Gasteiger partial charge in [-0.2, -0.15) is 0 Å². The fraction of sp³-hybridized carbons (Fsp3) is 0.0556. The number of fused-ring (bicyclic) bond motifs is 1. The molecule has 0 atom stereocenters. The van der Waals surface area contributed by atoms with Crippen molar-refractivity contribution in [2.45, 2.75) is 0 Å². The molecule has 0 fully saturated rings. The number of nitrogens with zero attached hydrogens (tertiary/aromatic N) is 2. The number of hydrogen-bond donors (Lipinski definition) is 1. The van der Waals surface area contributed by atoms with Gasteiger partial charge < -0.3 is 14.6 Å². The maximum atomic E-state index is 5.82. The third kappa shape index (κ3) is 2.35. The van der Waals surface area contributed by atoms with Gasteiger partial charge in [-0.25, -0.2) is 0 Å². The van der Waals surface area contributed by atoms with Crippen LogP contribution < -0.4 is 9.64 Å². The maximum Gasteiger partial charge on any atom is 0.127 e. The summed E-state index contributed by atoms with van der Waals surface area (Å²) in [5.74, 6) is 1.66. The van der Waals surface area contributed by atoms with Gasteiger partial charge >= 0.3 is 0 Å². The van der Waals surface area contributed by atoms with Crippen LogP contribution in [0, 0.1) is 0 Å². The zero-order chi connectivity index (χ0) is 14.8. The monoisotopic (exact) mass is 289 g/mol. The summed E-state index contributed by atoms with van der Waals surface area (Å²) in [4.78, 5) is 9.73. The van der Waals surface area contributed by atoms with Crippen LogP contribution in [0.5, 0.6) is 11.5 Å². The van der Waals surface area contributed by atoms with Gasteiger partial charge in [-0.1, -0.05) is 18.2 Å². The molecule has 0 amide bonds. The number of aromatic amines is 1. The Morgan fingerprint density at radius 3 is 2.50 bits per heavy atom. The van der Waals surface area contributed by atoms with Gasteiger partial charge in [0, 0.05) is 18.1 Å². The van der Waals surface area contributed by atoms with Crippen molar-refractivity contribution >= 4 is 17.6 Å². The first-order valence-corrected chi connectivity index (χ1v) is 7.18. The molecule has 0 bridgehead atoms. The van der Waals surface area contributed by atoms with Crippen molar-refractivity contribution in [3.63, 3.8) is 0 Å². The van der Waals surface area contributed by atoms with E-state index >= 15 is 0 Å². The third-order valence-electron chi connectivity index (χ3n) is 3.62. The van der Waals surface area contributed by atoms with Crippen molar-refractivity contribution < 1.29 is 4.74 Å². The van der Waals surface area contributed by atoms with Gasteiger partial charge in [0.1, 0.15) is 18.2 Å². The SMILES string of the molecule is C1=NCN(c2ccc(Oc3ccccc3)cc2)c2cc[nH]c21. The van der Waals surface area contributed by atoms with E-state index in [9.17, 15) is 0 Å². The first kappa shape index (κ1) is 12.7. The number of hydrogen-bond acceptors (Lipinski definition) is 3. The molecule has 1 aliphatic heterocycles. The average molecular weight is 289 g/mol. The maximum absolute atomic E-state index is 5.82. The van der Waals surface area contributed by atoms with Crippen LogP contribution in [0.25, 0.3) is 0 Å². The molecule has 0 unspecified atom stereocenters. The predicted octanol–water partition coefficient (Wildman–Crippen LogP) is 4.34. The second-order valence-corrected chi connectivity index (χ2v) is 5.07. The Labute approximate surface area is 128 Å². The number of nitrogens with one attached hydrogen (secondary N) is 1. The molecule has 0 radical (unpaired) electrons. The number of benzene rings is 2. The summed E-state index contributed by atoms with van der Waals surface area (Å²) in [6, 6.07) is 19.9. The number of ether oxygens (including phenoxy) is 1. The lowest BCUT2D eigenvalue weighted by molar-refractivity contribution is 0.482. The molecule has 3 aromatic rings. The third-order valence-corrected chi connectivity index (χ3v) is 3.62. The predicted molar refractivity (Wildman–Crippen MR) is 88.4 cm³/mol. The standard InChI is InChI=1S/C18H15N3O/c1-2-4-15(5-3-1)22-16-8-6-14(7-9-16)21-13-19-12-17-18(21)10-11-20-17/h1-12,20H,13H2. The first-order chi connectivity index (χ1) is 10.9. The van der Waals surface area contributed by atoms with Gasteiger partial charge in [0.05, 0.1) is 11.4 Å². The van der Waals surface area contributed by atoms with Gasteiger partial charge in [0.25, 0.3) is 0 Å². The van der Waals surface area contributed by atoms with Gasteiger partial charge in [-0.3, -0.25) is 4.99 Å². The highest BCUT2D eigenvalue weighted by molar-refractivity contribution is 5.90. The van der Waals surface area contributed by atoms with Crippen molar-refractivity contribution in [2.75, 3.05) is 11.6 Å². The number of rotatable bonds is 3. The van der Waals surface area contributed by atoms with Crippen LogP contribution in [0.3, 0.4) is 0 Å². The summed E-state index contributed by atoms with van der Waals surface area (Å²) < 4.78 is 5.82. The summed E-state index contributed by atoms with van der Waals surface area (Å²) >= 11 is 0. The highest BCUT2D eigenvalue weighted by atomic mass is 16.5. The molecule has 22 heavy (non-hydrogen) atoms. The van der Waals surface area contributed by atoms with Crippen LogP contribution in [0.15, 0.2) is 71.9 Å². The van der Waals surface area contributed by atoms with E-state index in [0.717, 1.165) is 28.6 Å². The molecule has 4 heteroatoms. The van der Waals surface area contributed by atoms with Crippen LogP contribution in [-0.4, -0.2) is 17.9 Å². The van der Waals surface area contributed by atoms with E-state index in [1.165, 1.54) is 0 Å². The molecule has 0 saturated carbocycles. The average Bonchev–Trinajstić information content (AvgIpc) is 3.05. The topological polar surface area (TPSA) is 40.6 Å². The van der Waals surface area contributed by atoms with E-state index in [1.807, 2.05) is 54.9 Å². The van der Waals surface area contributed by atoms with Crippen molar-refractivity contribution in [3.05, 3.63) is 72.6 Å². The molecule has 4 rings (SSSR count). The second-order valence-electron chi connectivity index (χ2n) is 5.07. The largest absolute Gasteiger partial charge is 0.457 e. The molecule has 2 heterocycles. The van der Waals surface area contributed by atoms with Crippen molar-refractivity contribution in [2.24, 2.45) is 4.99 Å². The van der Waals surface area contributed by atoms with Gasteiger partial charge in [-0.15, -0.1) is 0 Å². The van der Waals surface area contributed by atoms with Gasteiger partial charge in [-0.05, 0) is 42.5 Å². The van der Waals surface area contributed by atoms with E-state index in [0.29, 0.717) is 6.67 Å². The molecule has 4 nitrogen and oxygen atoms in total. The highest BCUT2D eigenvalue weighted by Crippen LogP contribution is 2.31. The quantitative estimate of drug-likeness (QED) is 0.779. The summed E-state index contributed by atoms with van der Waals surface area (Å²) in [7, 11) is 0. The lowest BCUT2D eigenvalue weighted by atomic mass is 10.2. The molecule has 0 spiro atoms. The Kier molecular flexibility index (Phi) is 3.12. The Bertz CT molecular complexity index is 791. The van der Waals surface area contributed by atoms with Crippen LogP contribution in [-0.2, 0) is 0 Å². The van der Waals surface area contributed by atoms with E-state index in [2.05, 4.69) is 33.1 Å². The lowest BCUT2D eigenvalue weighted by Crippen LogP contribution is -2.20. The fourth-order valence-electron chi connectivity index (χ4n) is 2.54. The minimum Gasteiger partial charge on any atom is -0.457 e. The number of aliphatic imine (C=N–C) groups is 1. The second kappa shape index (κ2) is 5.41. The van der Waals surface area contributed by atoms with E-state index in [-0.39, 0.29) is 0 Å². The molecule has 2 aromatic carbocycles. The molecule has 1 N–H and O–H groups in total. The number of para-hydroxylation sites is 1. The zero-order valence-electron chi connectivity index (χ0n) is 11.9. The smallest absolute Gasteiger partial charge is 0.127 e. The van der Waals surface area contributed by atoms with Crippen LogP contribution >= 0.6 is 0 Å². The minimum absolute atomic E-state index is 0.629. The fourth-order valence-corrected chi connectivity index (χ4v) is 2.54. The molecule has 108 valence electrons. The van der Waals surface area contributed by atoms with Crippen molar-refractivity contribution in [1.29, 1.82) is 0 Å². The molecule has 0 saturated heterocycles.